The van der Waals surface area contributed by atoms with E-state index in [9.17, 15) is 18.8 Å². The van der Waals surface area contributed by atoms with Crippen LogP contribution in [0.4, 0.5) is 16.0 Å². The van der Waals surface area contributed by atoms with Crippen LogP contribution in [-0.2, 0) is 13.1 Å². The molecule has 1 fully saturated rings. The summed E-state index contributed by atoms with van der Waals surface area (Å²) in [5.74, 6) is -0.941. The van der Waals surface area contributed by atoms with Crippen LogP contribution in [0.2, 0.25) is 0 Å². The SMILES string of the molecule is CCn1c(=O)nc(Nc2ccc(Oc3ccc(C(=O)O)cn3)c(F)c2)n(CC2CCC(C)CC2)c1=O. The third-order valence-corrected chi connectivity index (χ3v) is 6.43. The molecule has 0 bridgehead atoms. The van der Waals surface area contributed by atoms with Gasteiger partial charge in [0.25, 0.3) is 0 Å². The quantitative estimate of drug-likeness (QED) is 0.478. The Hall–Kier alpha value is -4.02. The summed E-state index contributed by atoms with van der Waals surface area (Å²) < 4.78 is 22.8. The van der Waals surface area contributed by atoms with Crippen LogP contribution in [0.25, 0.3) is 0 Å². The van der Waals surface area contributed by atoms with E-state index in [0.29, 0.717) is 12.5 Å². The van der Waals surface area contributed by atoms with Crippen LogP contribution in [-0.4, -0.2) is 30.2 Å². The number of carboxylic acid groups (broad SMARTS) is 1. The molecule has 0 aliphatic heterocycles. The zero-order valence-corrected chi connectivity index (χ0v) is 20.1. The monoisotopic (exact) mass is 497 g/mol. The molecule has 0 saturated heterocycles. The van der Waals surface area contributed by atoms with Crippen LogP contribution in [0.15, 0.2) is 46.1 Å². The van der Waals surface area contributed by atoms with Gasteiger partial charge in [0, 0.05) is 37.1 Å². The van der Waals surface area contributed by atoms with Crippen LogP contribution in [0, 0.1) is 17.7 Å². The Morgan fingerprint density at radius 1 is 1.17 bits per heavy atom. The normalized spacial score (nSPS) is 17.5. The van der Waals surface area contributed by atoms with Crippen molar-refractivity contribution in [2.75, 3.05) is 5.32 Å². The van der Waals surface area contributed by atoms with Gasteiger partial charge in [-0.1, -0.05) is 19.8 Å². The van der Waals surface area contributed by atoms with Crippen molar-refractivity contribution < 1.29 is 19.0 Å². The Morgan fingerprint density at radius 3 is 2.53 bits per heavy atom. The maximum atomic E-state index is 14.8. The predicted octanol–water partition coefficient (Wildman–Crippen LogP) is 4.02. The van der Waals surface area contributed by atoms with Crippen LogP contribution in [0.1, 0.15) is 49.9 Å². The number of nitrogens with zero attached hydrogens (tertiary/aromatic N) is 4. The Kier molecular flexibility index (Phi) is 7.47. The molecule has 1 aromatic carbocycles. The fourth-order valence-electron chi connectivity index (χ4n) is 4.30. The minimum absolute atomic E-state index is 0.0198. The molecule has 0 amide bonds. The lowest BCUT2D eigenvalue weighted by Gasteiger charge is -2.27. The molecule has 11 heteroatoms. The van der Waals surface area contributed by atoms with E-state index in [4.69, 9.17) is 9.84 Å². The molecule has 4 rings (SSSR count). The van der Waals surface area contributed by atoms with Crippen molar-refractivity contribution in [3.05, 3.63) is 68.9 Å². The lowest BCUT2D eigenvalue weighted by molar-refractivity contribution is 0.0696. The maximum Gasteiger partial charge on any atom is 0.354 e. The molecule has 3 aromatic rings. The van der Waals surface area contributed by atoms with E-state index in [-0.39, 0.29) is 41.3 Å². The molecule has 0 radical (unpaired) electrons. The highest BCUT2D eigenvalue weighted by Gasteiger charge is 2.22. The van der Waals surface area contributed by atoms with E-state index in [1.54, 1.807) is 6.92 Å². The second kappa shape index (κ2) is 10.7. The van der Waals surface area contributed by atoms with Gasteiger partial charge in [-0.15, -0.1) is 0 Å². The minimum Gasteiger partial charge on any atom is -0.478 e. The van der Waals surface area contributed by atoms with E-state index in [1.165, 1.54) is 28.8 Å². The van der Waals surface area contributed by atoms with Gasteiger partial charge < -0.3 is 15.2 Å². The summed E-state index contributed by atoms with van der Waals surface area (Å²) in [7, 11) is 0. The lowest BCUT2D eigenvalue weighted by Crippen LogP contribution is -2.43. The molecular formula is C25H28FN5O5. The molecule has 0 spiro atoms. The number of carbonyl (C=O) groups is 1. The average Bonchev–Trinajstić information content (AvgIpc) is 2.85. The molecule has 2 N–H and O–H groups in total. The summed E-state index contributed by atoms with van der Waals surface area (Å²) in [5.41, 5.74) is -0.862. The number of pyridine rings is 1. The largest absolute Gasteiger partial charge is 0.478 e. The minimum atomic E-state index is -1.13. The highest BCUT2D eigenvalue weighted by Crippen LogP contribution is 2.30. The smallest absolute Gasteiger partial charge is 0.354 e. The number of nitrogens with one attached hydrogen (secondary N) is 1. The van der Waals surface area contributed by atoms with E-state index in [1.807, 2.05) is 0 Å². The van der Waals surface area contributed by atoms with Gasteiger partial charge in [-0.05, 0) is 49.8 Å². The van der Waals surface area contributed by atoms with Crippen molar-refractivity contribution in [1.82, 2.24) is 19.1 Å². The highest BCUT2D eigenvalue weighted by molar-refractivity contribution is 5.87. The second-order valence-electron chi connectivity index (χ2n) is 9.04. The van der Waals surface area contributed by atoms with Crippen molar-refractivity contribution in [2.45, 2.75) is 52.6 Å². The summed E-state index contributed by atoms with van der Waals surface area (Å²) in [6.07, 6.45) is 5.26. The molecule has 1 aliphatic carbocycles. The number of anilines is 2. The first-order valence-corrected chi connectivity index (χ1v) is 11.9. The van der Waals surface area contributed by atoms with Crippen molar-refractivity contribution >= 4 is 17.6 Å². The zero-order valence-electron chi connectivity index (χ0n) is 20.1. The van der Waals surface area contributed by atoms with Crippen LogP contribution in [0.5, 0.6) is 11.6 Å². The predicted molar refractivity (Wildman–Crippen MR) is 131 cm³/mol. The zero-order chi connectivity index (χ0) is 25.8. The fraction of sp³-hybridized carbons (Fsp3) is 0.400. The van der Waals surface area contributed by atoms with Gasteiger partial charge >= 0.3 is 17.3 Å². The highest BCUT2D eigenvalue weighted by atomic mass is 19.1. The molecule has 2 heterocycles. The number of aromatic nitrogens is 4. The number of benzene rings is 1. The summed E-state index contributed by atoms with van der Waals surface area (Å²) in [6.45, 7) is 4.55. The van der Waals surface area contributed by atoms with Gasteiger partial charge in [0.15, 0.2) is 11.6 Å². The molecular weight excluding hydrogens is 469 g/mol. The second-order valence-corrected chi connectivity index (χ2v) is 9.04. The van der Waals surface area contributed by atoms with E-state index in [0.717, 1.165) is 42.5 Å². The van der Waals surface area contributed by atoms with Crippen molar-refractivity contribution in [2.24, 2.45) is 11.8 Å². The Balaban J connectivity index is 1.57. The van der Waals surface area contributed by atoms with Crippen LogP contribution >= 0.6 is 0 Å². The summed E-state index contributed by atoms with van der Waals surface area (Å²) in [5, 5.41) is 11.9. The standard InChI is InChI=1S/C25H28FN5O5/c1-3-30-24(34)29-23(31(25(30)35)14-16-6-4-15(2)5-7-16)28-18-9-10-20(19(26)12-18)36-21-11-8-17(13-27-21)22(32)33/h8-13,15-16H,3-7,14H2,1-2H3,(H,32,33)(H,28,29,34). The number of hydrogen-bond donors (Lipinski definition) is 2. The van der Waals surface area contributed by atoms with E-state index < -0.39 is 23.2 Å². The van der Waals surface area contributed by atoms with Crippen molar-refractivity contribution in [3.63, 3.8) is 0 Å². The molecule has 190 valence electrons. The van der Waals surface area contributed by atoms with Gasteiger partial charge in [-0.3, -0.25) is 4.57 Å². The number of carboxylic acids is 1. The Labute approximate surface area is 206 Å². The van der Waals surface area contributed by atoms with Crippen LogP contribution < -0.4 is 21.4 Å². The number of rotatable bonds is 8. The van der Waals surface area contributed by atoms with Crippen LogP contribution in [0.3, 0.4) is 0 Å². The summed E-state index contributed by atoms with van der Waals surface area (Å²) in [4.78, 5) is 44.4. The number of ether oxygens (including phenoxy) is 1. The maximum absolute atomic E-state index is 14.8. The van der Waals surface area contributed by atoms with Gasteiger partial charge in [-0.2, -0.15) is 4.98 Å². The molecule has 0 unspecified atom stereocenters. The molecule has 1 aliphatic rings. The Bertz CT molecular complexity index is 1360. The van der Waals surface area contributed by atoms with Gasteiger partial charge in [0.05, 0.1) is 5.56 Å². The first kappa shape index (κ1) is 25.1. The Morgan fingerprint density at radius 2 is 1.92 bits per heavy atom. The van der Waals surface area contributed by atoms with Crippen molar-refractivity contribution in [1.29, 1.82) is 0 Å². The molecule has 2 aromatic heterocycles. The molecule has 0 atom stereocenters. The molecule has 1 saturated carbocycles. The summed E-state index contributed by atoms with van der Waals surface area (Å²) in [6, 6.07) is 6.67. The van der Waals surface area contributed by atoms with Gasteiger partial charge in [-0.25, -0.2) is 28.3 Å². The van der Waals surface area contributed by atoms with Gasteiger partial charge in [0.1, 0.15) is 0 Å². The first-order chi connectivity index (χ1) is 17.2. The van der Waals surface area contributed by atoms with Gasteiger partial charge in [0.2, 0.25) is 11.8 Å². The average molecular weight is 498 g/mol. The number of halogens is 1. The topological polar surface area (TPSA) is 128 Å². The van der Waals surface area contributed by atoms with E-state index >= 15 is 0 Å². The lowest BCUT2D eigenvalue weighted by atomic mass is 9.83. The third kappa shape index (κ3) is 5.61. The fourth-order valence-corrected chi connectivity index (χ4v) is 4.30. The number of hydrogen-bond acceptors (Lipinski definition) is 7. The molecule has 36 heavy (non-hydrogen) atoms. The third-order valence-electron chi connectivity index (χ3n) is 6.43. The molecule has 10 nitrogen and oxygen atoms in total. The van der Waals surface area contributed by atoms with Crippen molar-refractivity contribution in [3.8, 4) is 11.6 Å². The number of aromatic carboxylic acids is 1. The summed E-state index contributed by atoms with van der Waals surface area (Å²) >= 11 is 0. The van der Waals surface area contributed by atoms with E-state index in [2.05, 4.69) is 22.2 Å². The first-order valence-electron chi connectivity index (χ1n) is 11.9.